The summed E-state index contributed by atoms with van der Waals surface area (Å²) in [6, 6.07) is -1.58. The van der Waals surface area contributed by atoms with Crippen molar-refractivity contribution < 1.29 is 24.2 Å². The maximum atomic E-state index is 12.2. The van der Waals surface area contributed by atoms with E-state index >= 15 is 0 Å². The summed E-state index contributed by atoms with van der Waals surface area (Å²) < 4.78 is 4.84. The second-order valence-corrected chi connectivity index (χ2v) is 5.81. The zero-order valence-electron chi connectivity index (χ0n) is 12.3. The van der Waals surface area contributed by atoms with Crippen LogP contribution in [0.5, 0.6) is 0 Å². The van der Waals surface area contributed by atoms with E-state index in [1.165, 1.54) is 23.8 Å². The van der Waals surface area contributed by atoms with Crippen LogP contribution in [-0.2, 0) is 19.1 Å². The van der Waals surface area contributed by atoms with E-state index in [2.05, 4.69) is 5.32 Å². The van der Waals surface area contributed by atoms with Crippen molar-refractivity contribution in [2.75, 3.05) is 25.3 Å². The monoisotopic (exact) mass is 318 g/mol. The van der Waals surface area contributed by atoms with Gasteiger partial charge in [0.15, 0.2) is 0 Å². The Labute approximate surface area is 128 Å². The minimum absolute atomic E-state index is 0.0635. The van der Waals surface area contributed by atoms with Crippen molar-refractivity contribution >= 4 is 29.5 Å². The maximum Gasteiger partial charge on any atom is 0.326 e. The predicted molar refractivity (Wildman–Crippen MR) is 78.9 cm³/mol. The second kappa shape index (κ2) is 8.89. The average Bonchev–Trinajstić information content (AvgIpc) is 2.92. The highest BCUT2D eigenvalue weighted by Gasteiger charge is 2.35. The van der Waals surface area contributed by atoms with Crippen LogP contribution in [0.25, 0.3) is 0 Å². The number of carbonyl (C=O) groups is 3. The molecule has 0 saturated carbocycles. The van der Waals surface area contributed by atoms with E-state index in [1.54, 1.807) is 0 Å². The molecular weight excluding hydrogens is 296 g/mol. The number of carboxylic acid groups (broad SMARTS) is 1. The Morgan fingerprint density at radius 3 is 2.76 bits per heavy atom. The molecule has 1 rings (SSSR count). The number of hydrogen-bond acceptors (Lipinski definition) is 5. The molecule has 0 aromatic heterocycles. The molecule has 1 aliphatic rings. The molecule has 1 fully saturated rings. The first-order chi connectivity index (χ1) is 10.0. The molecule has 0 aromatic carbocycles. The fourth-order valence-electron chi connectivity index (χ4n) is 2.02. The van der Waals surface area contributed by atoms with Crippen molar-refractivity contribution in [3.05, 3.63) is 0 Å². The van der Waals surface area contributed by atoms with E-state index in [0.717, 1.165) is 6.42 Å². The molecule has 1 heterocycles. The molecule has 0 spiro atoms. The van der Waals surface area contributed by atoms with Crippen LogP contribution in [-0.4, -0.2) is 65.2 Å². The molecule has 120 valence electrons. The molecule has 7 nitrogen and oxygen atoms in total. The first-order valence-corrected chi connectivity index (χ1v) is 8.06. The van der Waals surface area contributed by atoms with E-state index in [4.69, 9.17) is 9.84 Å². The van der Waals surface area contributed by atoms with Crippen LogP contribution in [0.15, 0.2) is 0 Å². The largest absolute Gasteiger partial charge is 0.480 e. The van der Waals surface area contributed by atoms with Gasteiger partial charge in [-0.15, -0.1) is 11.8 Å². The zero-order valence-corrected chi connectivity index (χ0v) is 13.1. The summed E-state index contributed by atoms with van der Waals surface area (Å²) in [4.78, 5) is 36.8. The number of thioether (sulfide) groups is 1. The van der Waals surface area contributed by atoms with Gasteiger partial charge in [-0.3, -0.25) is 9.59 Å². The van der Waals surface area contributed by atoms with Crippen molar-refractivity contribution in [2.45, 2.75) is 38.3 Å². The van der Waals surface area contributed by atoms with Gasteiger partial charge in [0.2, 0.25) is 11.8 Å². The van der Waals surface area contributed by atoms with E-state index in [1.807, 2.05) is 6.92 Å². The van der Waals surface area contributed by atoms with E-state index in [9.17, 15) is 14.4 Å². The summed E-state index contributed by atoms with van der Waals surface area (Å²) in [6.45, 7) is 2.15. The number of methoxy groups -OCH3 is 1. The topological polar surface area (TPSA) is 95.9 Å². The fraction of sp³-hybridized carbons (Fsp3) is 0.769. The van der Waals surface area contributed by atoms with Crippen molar-refractivity contribution in [1.29, 1.82) is 0 Å². The molecule has 21 heavy (non-hydrogen) atoms. The maximum absolute atomic E-state index is 12.2. The van der Waals surface area contributed by atoms with Crippen molar-refractivity contribution in [3.8, 4) is 0 Å². The van der Waals surface area contributed by atoms with Gasteiger partial charge in [0, 0.05) is 32.3 Å². The van der Waals surface area contributed by atoms with Crippen molar-refractivity contribution in [3.63, 3.8) is 0 Å². The molecule has 1 aliphatic heterocycles. The Hall–Kier alpha value is -1.28. The highest BCUT2D eigenvalue weighted by Crippen LogP contribution is 2.22. The lowest BCUT2D eigenvalue weighted by molar-refractivity contribution is -0.144. The van der Waals surface area contributed by atoms with Crippen LogP contribution in [0.3, 0.4) is 0 Å². The van der Waals surface area contributed by atoms with Crippen LogP contribution >= 0.6 is 11.8 Å². The SMILES string of the molecule is CCCC(=O)N1CSCC1C(=O)NC(CCOC)C(=O)O. The van der Waals surface area contributed by atoms with Crippen LogP contribution in [0, 0.1) is 0 Å². The van der Waals surface area contributed by atoms with Gasteiger partial charge in [0.1, 0.15) is 12.1 Å². The summed E-state index contributed by atoms with van der Waals surface area (Å²) in [5.41, 5.74) is 0. The Kier molecular flexibility index (Phi) is 7.52. The minimum atomic E-state index is -1.10. The van der Waals surface area contributed by atoms with Gasteiger partial charge < -0.3 is 20.1 Å². The number of aliphatic carboxylic acids is 1. The zero-order chi connectivity index (χ0) is 15.8. The third-order valence-corrected chi connectivity index (χ3v) is 4.21. The number of nitrogens with one attached hydrogen (secondary N) is 1. The standard InChI is InChI=1S/C13H22N2O5S/c1-3-4-11(16)15-8-21-7-10(15)12(17)14-9(13(18)19)5-6-20-2/h9-10H,3-8H2,1-2H3,(H,14,17)(H,18,19). The van der Waals surface area contributed by atoms with Gasteiger partial charge in [-0.25, -0.2) is 4.79 Å². The third-order valence-electron chi connectivity index (χ3n) is 3.19. The first kappa shape index (κ1) is 17.8. The van der Waals surface area contributed by atoms with Gasteiger partial charge in [0.05, 0.1) is 5.88 Å². The van der Waals surface area contributed by atoms with Gasteiger partial charge in [0.25, 0.3) is 0 Å². The van der Waals surface area contributed by atoms with E-state index < -0.39 is 24.0 Å². The van der Waals surface area contributed by atoms with Crippen LogP contribution in [0.2, 0.25) is 0 Å². The molecule has 2 atom stereocenters. The Balaban J connectivity index is 2.63. The number of carboxylic acids is 1. The normalized spacial score (nSPS) is 19.3. The second-order valence-electron chi connectivity index (χ2n) is 4.81. The van der Waals surface area contributed by atoms with E-state index in [-0.39, 0.29) is 18.9 Å². The molecule has 0 aliphatic carbocycles. The summed E-state index contributed by atoms with van der Waals surface area (Å²) >= 11 is 1.50. The van der Waals surface area contributed by atoms with Gasteiger partial charge in [-0.05, 0) is 6.42 Å². The lowest BCUT2D eigenvalue weighted by Gasteiger charge is -2.24. The first-order valence-electron chi connectivity index (χ1n) is 6.90. The summed E-state index contributed by atoms with van der Waals surface area (Å²) in [7, 11) is 1.47. The average molecular weight is 318 g/mol. The smallest absolute Gasteiger partial charge is 0.326 e. The highest BCUT2D eigenvalue weighted by molar-refractivity contribution is 7.99. The Morgan fingerprint density at radius 2 is 2.19 bits per heavy atom. The minimum Gasteiger partial charge on any atom is -0.480 e. The lowest BCUT2D eigenvalue weighted by Crippen LogP contribution is -2.52. The van der Waals surface area contributed by atoms with Gasteiger partial charge >= 0.3 is 5.97 Å². The van der Waals surface area contributed by atoms with Crippen molar-refractivity contribution in [2.24, 2.45) is 0 Å². The van der Waals surface area contributed by atoms with Gasteiger partial charge in [-0.2, -0.15) is 0 Å². The fourth-order valence-corrected chi connectivity index (χ4v) is 3.20. The van der Waals surface area contributed by atoms with Crippen LogP contribution < -0.4 is 5.32 Å². The quantitative estimate of drug-likeness (QED) is 0.668. The number of hydrogen-bond donors (Lipinski definition) is 2. The number of rotatable bonds is 8. The molecule has 8 heteroatoms. The number of carbonyl (C=O) groups excluding carboxylic acids is 2. The van der Waals surface area contributed by atoms with Crippen LogP contribution in [0.1, 0.15) is 26.2 Å². The molecule has 2 amide bonds. The Morgan fingerprint density at radius 1 is 1.48 bits per heavy atom. The molecule has 0 radical (unpaired) electrons. The molecule has 2 unspecified atom stereocenters. The van der Waals surface area contributed by atoms with E-state index in [0.29, 0.717) is 18.1 Å². The number of ether oxygens (including phenoxy) is 1. The highest BCUT2D eigenvalue weighted by atomic mass is 32.2. The molecule has 0 aromatic rings. The summed E-state index contributed by atoms with van der Waals surface area (Å²) in [5, 5.41) is 11.6. The predicted octanol–water partition coefficient (Wildman–Crippen LogP) is 0.294. The van der Waals surface area contributed by atoms with Crippen LogP contribution in [0.4, 0.5) is 0 Å². The van der Waals surface area contributed by atoms with Crippen molar-refractivity contribution in [1.82, 2.24) is 10.2 Å². The Bertz CT molecular complexity index is 391. The summed E-state index contributed by atoms with van der Waals surface area (Å²) in [5.74, 6) is -0.596. The molecule has 2 N–H and O–H groups in total. The molecule has 0 bridgehead atoms. The third kappa shape index (κ3) is 5.20. The number of amides is 2. The lowest BCUT2D eigenvalue weighted by atomic mass is 10.2. The number of nitrogens with zero attached hydrogens (tertiary/aromatic N) is 1. The molecular formula is C13H22N2O5S. The molecule has 1 saturated heterocycles. The van der Waals surface area contributed by atoms with Gasteiger partial charge in [-0.1, -0.05) is 6.92 Å². The summed E-state index contributed by atoms with van der Waals surface area (Å²) in [6.07, 6.45) is 1.32.